The molecule has 0 spiro atoms. The number of aryl methyl sites for hydroxylation is 2. The monoisotopic (exact) mass is 231 g/mol. The number of nitrogens with zero attached hydrogens (tertiary/aromatic N) is 3. The SMILES string of the molecule is Cc1cc(Oc2cccnc2C(=N)N)n(C)n1. The maximum atomic E-state index is 7.41. The predicted octanol–water partition coefficient (Wildman–Crippen LogP) is 1.20. The molecule has 17 heavy (non-hydrogen) atoms. The second-order valence-electron chi connectivity index (χ2n) is 3.61. The van der Waals surface area contributed by atoms with E-state index in [4.69, 9.17) is 15.9 Å². The lowest BCUT2D eigenvalue weighted by Gasteiger charge is -2.08. The number of pyridine rings is 1. The molecular weight excluding hydrogens is 218 g/mol. The van der Waals surface area contributed by atoms with Gasteiger partial charge in [-0.05, 0) is 19.1 Å². The molecule has 0 amide bonds. The summed E-state index contributed by atoms with van der Waals surface area (Å²) < 4.78 is 7.26. The Hall–Kier alpha value is -2.37. The Morgan fingerprint density at radius 3 is 2.88 bits per heavy atom. The topological polar surface area (TPSA) is 89.8 Å². The van der Waals surface area contributed by atoms with Crippen LogP contribution in [0, 0.1) is 12.3 Å². The first-order valence-corrected chi connectivity index (χ1v) is 5.06. The van der Waals surface area contributed by atoms with E-state index in [1.54, 1.807) is 36.1 Å². The lowest BCUT2D eigenvalue weighted by Crippen LogP contribution is -2.14. The molecular formula is C11H13N5O. The number of nitrogens with two attached hydrogens (primary N) is 1. The molecule has 0 aliphatic rings. The second kappa shape index (κ2) is 4.25. The number of nitrogen functional groups attached to an aromatic ring is 1. The molecule has 2 rings (SSSR count). The van der Waals surface area contributed by atoms with Crippen LogP contribution >= 0.6 is 0 Å². The van der Waals surface area contributed by atoms with Crippen LogP contribution in [-0.4, -0.2) is 20.6 Å². The van der Waals surface area contributed by atoms with Gasteiger partial charge in [0.05, 0.1) is 5.69 Å². The van der Waals surface area contributed by atoms with Crippen LogP contribution in [0.15, 0.2) is 24.4 Å². The van der Waals surface area contributed by atoms with Crippen molar-refractivity contribution in [2.24, 2.45) is 12.8 Å². The van der Waals surface area contributed by atoms with Crippen molar-refractivity contribution in [2.45, 2.75) is 6.92 Å². The highest BCUT2D eigenvalue weighted by molar-refractivity contribution is 5.95. The van der Waals surface area contributed by atoms with E-state index in [1.807, 2.05) is 6.92 Å². The maximum Gasteiger partial charge on any atom is 0.217 e. The van der Waals surface area contributed by atoms with Gasteiger partial charge in [-0.1, -0.05) is 0 Å². The van der Waals surface area contributed by atoms with Gasteiger partial charge in [0.1, 0.15) is 11.5 Å². The quantitative estimate of drug-likeness (QED) is 0.613. The van der Waals surface area contributed by atoms with Gasteiger partial charge in [-0.15, -0.1) is 0 Å². The molecule has 2 aromatic rings. The van der Waals surface area contributed by atoms with Gasteiger partial charge in [-0.3, -0.25) is 5.41 Å². The number of ether oxygens (including phenoxy) is 1. The lowest BCUT2D eigenvalue weighted by atomic mass is 10.3. The van der Waals surface area contributed by atoms with Crippen molar-refractivity contribution in [1.82, 2.24) is 14.8 Å². The highest BCUT2D eigenvalue weighted by atomic mass is 16.5. The van der Waals surface area contributed by atoms with Gasteiger partial charge in [0.2, 0.25) is 5.88 Å². The average Bonchev–Trinajstić information content (AvgIpc) is 2.58. The summed E-state index contributed by atoms with van der Waals surface area (Å²) in [6, 6.07) is 5.24. The first kappa shape index (κ1) is 11.1. The summed E-state index contributed by atoms with van der Waals surface area (Å²) in [5.74, 6) is 0.903. The number of nitrogens with one attached hydrogen (secondary N) is 1. The van der Waals surface area contributed by atoms with Crippen molar-refractivity contribution in [1.29, 1.82) is 5.41 Å². The highest BCUT2D eigenvalue weighted by Crippen LogP contribution is 2.23. The molecule has 0 aliphatic heterocycles. The van der Waals surface area contributed by atoms with E-state index in [0.717, 1.165) is 5.69 Å². The third-order valence-electron chi connectivity index (χ3n) is 2.20. The van der Waals surface area contributed by atoms with E-state index in [-0.39, 0.29) is 5.84 Å². The van der Waals surface area contributed by atoms with Crippen molar-refractivity contribution in [2.75, 3.05) is 0 Å². The zero-order valence-corrected chi connectivity index (χ0v) is 9.64. The Morgan fingerprint density at radius 2 is 2.29 bits per heavy atom. The van der Waals surface area contributed by atoms with Crippen LogP contribution in [0.1, 0.15) is 11.4 Å². The molecule has 0 bridgehead atoms. The number of aromatic nitrogens is 3. The molecule has 6 heteroatoms. The van der Waals surface area contributed by atoms with Crippen LogP contribution < -0.4 is 10.5 Å². The average molecular weight is 231 g/mol. The largest absolute Gasteiger partial charge is 0.437 e. The number of rotatable bonds is 3. The Labute approximate surface area is 98.5 Å². The van der Waals surface area contributed by atoms with Crippen molar-refractivity contribution in [3.63, 3.8) is 0 Å². The molecule has 0 saturated carbocycles. The molecule has 3 N–H and O–H groups in total. The Morgan fingerprint density at radius 1 is 1.53 bits per heavy atom. The van der Waals surface area contributed by atoms with Crippen molar-refractivity contribution < 1.29 is 4.74 Å². The summed E-state index contributed by atoms with van der Waals surface area (Å²) in [5.41, 5.74) is 6.61. The van der Waals surface area contributed by atoms with Gasteiger partial charge in [0, 0.05) is 19.3 Å². The minimum atomic E-state index is -0.125. The molecule has 0 atom stereocenters. The molecule has 2 heterocycles. The molecule has 88 valence electrons. The molecule has 0 aromatic carbocycles. The van der Waals surface area contributed by atoms with Gasteiger partial charge >= 0.3 is 0 Å². The van der Waals surface area contributed by atoms with Crippen LogP contribution in [0.3, 0.4) is 0 Å². The van der Waals surface area contributed by atoms with E-state index in [0.29, 0.717) is 17.3 Å². The zero-order valence-electron chi connectivity index (χ0n) is 9.64. The minimum Gasteiger partial charge on any atom is -0.437 e. The van der Waals surface area contributed by atoms with Gasteiger partial charge < -0.3 is 10.5 Å². The van der Waals surface area contributed by atoms with Crippen LogP contribution in [0.5, 0.6) is 11.6 Å². The van der Waals surface area contributed by atoms with Crippen molar-refractivity contribution in [3.8, 4) is 11.6 Å². The summed E-state index contributed by atoms with van der Waals surface area (Å²) in [7, 11) is 1.78. The van der Waals surface area contributed by atoms with Crippen LogP contribution in [0.4, 0.5) is 0 Å². The Balaban J connectivity index is 2.36. The number of amidine groups is 1. The second-order valence-corrected chi connectivity index (χ2v) is 3.61. The Kier molecular flexibility index (Phi) is 2.78. The van der Waals surface area contributed by atoms with E-state index in [1.165, 1.54) is 0 Å². The zero-order chi connectivity index (χ0) is 12.4. The first-order valence-electron chi connectivity index (χ1n) is 5.06. The summed E-state index contributed by atoms with van der Waals surface area (Å²) in [6.45, 7) is 1.88. The minimum absolute atomic E-state index is 0.125. The fourth-order valence-electron chi connectivity index (χ4n) is 1.47. The molecule has 2 aromatic heterocycles. The van der Waals surface area contributed by atoms with Crippen molar-refractivity contribution in [3.05, 3.63) is 35.8 Å². The molecule has 0 radical (unpaired) electrons. The molecule has 6 nitrogen and oxygen atoms in total. The summed E-state index contributed by atoms with van der Waals surface area (Å²) in [6.07, 6.45) is 1.57. The van der Waals surface area contributed by atoms with Gasteiger partial charge in [0.25, 0.3) is 0 Å². The van der Waals surface area contributed by atoms with E-state index in [9.17, 15) is 0 Å². The van der Waals surface area contributed by atoms with Gasteiger partial charge in [-0.2, -0.15) is 5.10 Å². The standard InChI is InChI=1S/C11H13N5O/c1-7-6-9(16(2)15-7)17-8-4-3-5-14-10(8)11(12)13/h3-6H,1-2H3,(H3,12,13). The third kappa shape index (κ3) is 2.25. The predicted molar refractivity (Wildman–Crippen MR) is 63.3 cm³/mol. The molecule has 0 saturated heterocycles. The van der Waals surface area contributed by atoms with Crippen LogP contribution in [0.2, 0.25) is 0 Å². The lowest BCUT2D eigenvalue weighted by molar-refractivity contribution is 0.428. The van der Waals surface area contributed by atoms with E-state index < -0.39 is 0 Å². The van der Waals surface area contributed by atoms with Gasteiger partial charge in [-0.25, -0.2) is 9.67 Å². The maximum absolute atomic E-state index is 7.41. The smallest absolute Gasteiger partial charge is 0.217 e. The fraction of sp³-hybridized carbons (Fsp3) is 0.182. The molecule has 0 unspecified atom stereocenters. The Bertz CT molecular complexity index is 561. The number of hydrogen-bond acceptors (Lipinski definition) is 4. The molecule has 0 aliphatic carbocycles. The van der Waals surface area contributed by atoms with E-state index >= 15 is 0 Å². The van der Waals surface area contributed by atoms with E-state index in [2.05, 4.69) is 10.1 Å². The summed E-state index contributed by atoms with van der Waals surface area (Å²) in [4.78, 5) is 4.01. The normalized spacial score (nSPS) is 10.2. The van der Waals surface area contributed by atoms with Crippen LogP contribution in [0.25, 0.3) is 0 Å². The summed E-state index contributed by atoms with van der Waals surface area (Å²) >= 11 is 0. The number of hydrogen-bond donors (Lipinski definition) is 2. The van der Waals surface area contributed by atoms with Crippen LogP contribution in [-0.2, 0) is 7.05 Å². The molecule has 0 fully saturated rings. The van der Waals surface area contributed by atoms with Crippen molar-refractivity contribution >= 4 is 5.84 Å². The highest BCUT2D eigenvalue weighted by Gasteiger charge is 2.11. The van der Waals surface area contributed by atoms with Gasteiger partial charge in [0.15, 0.2) is 5.75 Å². The third-order valence-corrected chi connectivity index (χ3v) is 2.20. The first-order chi connectivity index (χ1) is 8.08. The fourth-order valence-corrected chi connectivity index (χ4v) is 1.47. The summed E-state index contributed by atoms with van der Waals surface area (Å²) in [5, 5.41) is 11.6.